The van der Waals surface area contributed by atoms with E-state index in [0.29, 0.717) is 6.61 Å². The number of aliphatic hydroxyl groups excluding tert-OH is 1. The van der Waals surface area contributed by atoms with Gasteiger partial charge in [-0.15, -0.1) is 0 Å². The second-order valence-electron chi connectivity index (χ2n) is 4.07. The minimum atomic E-state index is 0.300. The predicted octanol–water partition coefficient (Wildman–Crippen LogP) is 2.33. The van der Waals surface area contributed by atoms with Crippen molar-refractivity contribution in [1.29, 1.82) is 0 Å². The molecular weight excluding hydrogens is 188 g/mol. The van der Waals surface area contributed by atoms with Crippen molar-refractivity contribution in [3.63, 3.8) is 0 Å². The fraction of sp³-hybridized carbons (Fsp3) is 0.538. The van der Waals surface area contributed by atoms with Gasteiger partial charge in [-0.05, 0) is 49.3 Å². The molecule has 1 heterocycles. The lowest BCUT2D eigenvalue weighted by atomic mass is 10.0. The van der Waals surface area contributed by atoms with Crippen LogP contribution in [0.3, 0.4) is 0 Å². The fourth-order valence-electron chi connectivity index (χ4n) is 2.01. The molecule has 0 atom stereocenters. The molecule has 0 aliphatic carbocycles. The van der Waals surface area contributed by atoms with Crippen LogP contribution < -0.4 is 4.74 Å². The van der Waals surface area contributed by atoms with Gasteiger partial charge < -0.3 is 9.84 Å². The number of hydrogen-bond donors (Lipinski definition) is 1. The highest BCUT2D eigenvalue weighted by molar-refractivity contribution is 5.38. The Bertz CT molecular complexity index is 320. The molecule has 0 aromatic heterocycles. The maximum atomic E-state index is 8.72. The van der Waals surface area contributed by atoms with Crippen LogP contribution in [0.15, 0.2) is 18.2 Å². The average molecular weight is 206 g/mol. The Morgan fingerprint density at radius 3 is 3.07 bits per heavy atom. The summed E-state index contributed by atoms with van der Waals surface area (Å²) in [5, 5.41) is 8.72. The van der Waals surface area contributed by atoms with Gasteiger partial charge >= 0.3 is 0 Å². The maximum absolute atomic E-state index is 8.72. The molecule has 1 N–H and O–H groups in total. The largest absolute Gasteiger partial charge is 0.493 e. The molecule has 2 nitrogen and oxygen atoms in total. The third-order valence-electron chi connectivity index (χ3n) is 2.85. The number of ether oxygens (including phenoxy) is 1. The lowest BCUT2D eigenvalue weighted by molar-refractivity contribution is 0.284. The summed E-state index contributed by atoms with van der Waals surface area (Å²) in [6.45, 7) is 1.16. The molecule has 2 rings (SSSR count). The standard InChI is InChI=1S/C13H18O2/c14-8-2-1-4-11-6-7-13-12(10-11)5-3-9-15-13/h6-7,10,14H,1-5,8-9H2. The third kappa shape index (κ3) is 2.72. The summed E-state index contributed by atoms with van der Waals surface area (Å²) in [7, 11) is 0. The van der Waals surface area contributed by atoms with Gasteiger partial charge in [0.05, 0.1) is 6.61 Å². The van der Waals surface area contributed by atoms with Crippen molar-refractivity contribution >= 4 is 0 Å². The number of fused-ring (bicyclic) bond motifs is 1. The minimum absolute atomic E-state index is 0.300. The van der Waals surface area contributed by atoms with E-state index in [-0.39, 0.29) is 0 Å². The van der Waals surface area contributed by atoms with E-state index in [1.54, 1.807) is 0 Å². The molecule has 0 unspecified atom stereocenters. The van der Waals surface area contributed by atoms with Gasteiger partial charge in [-0.25, -0.2) is 0 Å². The summed E-state index contributed by atoms with van der Waals surface area (Å²) >= 11 is 0. The van der Waals surface area contributed by atoms with Crippen molar-refractivity contribution in [3.05, 3.63) is 29.3 Å². The van der Waals surface area contributed by atoms with Gasteiger partial charge in [0.25, 0.3) is 0 Å². The van der Waals surface area contributed by atoms with E-state index in [9.17, 15) is 0 Å². The number of hydrogen-bond acceptors (Lipinski definition) is 2. The molecule has 1 aromatic carbocycles. The van der Waals surface area contributed by atoms with Gasteiger partial charge in [0.15, 0.2) is 0 Å². The molecule has 0 amide bonds. The Hall–Kier alpha value is -1.02. The lowest BCUT2D eigenvalue weighted by Gasteiger charge is -2.17. The van der Waals surface area contributed by atoms with Crippen molar-refractivity contribution in [2.75, 3.05) is 13.2 Å². The molecule has 0 bridgehead atoms. The highest BCUT2D eigenvalue weighted by Crippen LogP contribution is 2.25. The first-order valence-corrected chi connectivity index (χ1v) is 5.75. The highest BCUT2D eigenvalue weighted by atomic mass is 16.5. The Morgan fingerprint density at radius 1 is 1.27 bits per heavy atom. The number of rotatable bonds is 4. The van der Waals surface area contributed by atoms with E-state index in [4.69, 9.17) is 9.84 Å². The van der Waals surface area contributed by atoms with Crippen LogP contribution in [0.1, 0.15) is 30.4 Å². The molecule has 0 saturated heterocycles. The zero-order valence-electron chi connectivity index (χ0n) is 9.04. The molecule has 1 aromatic rings. The zero-order chi connectivity index (χ0) is 10.5. The summed E-state index contributed by atoms with van der Waals surface area (Å²) in [6, 6.07) is 6.48. The maximum Gasteiger partial charge on any atom is 0.122 e. The van der Waals surface area contributed by atoms with Gasteiger partial charge in [-0.1, -0.05) is 12.1 Å². The van der Waals surface area contributed by atoms with Crippen LogP contribution >= 0.6 is 0 Å². The molecule has 2 heteroatoms. The highest BCUT2D eigenvalue weighted by Gasteiger charge is 2.09. The molecule has 82 valence electrons. The van der Waals surface area contributed by atoms with Crippen LogP contribution in [0.5, 0.6) is 5.75 Å². The molecule has 0 saturated carbocycles. The second kappa shape index (κ2) is 5.17. The Balaban J connectivity index is 2.00. The van der Waals surface area contributed by atoms with Crippen LogP contribution in [0.25, 0.3) is 0 Å². The second-order valence-corrected chi connectivity index (χ2v) is 4.07. The number of benzene rings is 1. The van der Waals surface area contributed by atoms with E-state index in [1.165, 1.54) is 11.1 Å². The van der Waals surface area contributed by atoms with Crippen molar-refractivity contribution in [2.45, 2.75) is 32.1 Å². The first-order valence-electron chi connectivity index (χ1n) is 5.75. The van der Waals surface area contributed by atoms with Crippen LogP contribution in [-0.4, -0.2) is 18.3 Å². The first kappa shape index (κ1) is 10.5. The predicted molar refractivity (Wildman–Crippen MR) is 60.3 cm³/mol. The van der Waals surface area contributed by atoms with Gasteiger partial charge in [0.2, 0.25) is 0 Å². The minimum Gasteiger partial charge on any atom is -0.493 e. The van der Waals surface area contributed by atoms with E-state index < -0.39 is 0 Å². The first-order chi connectivity index (χ1) is 7.40. The third-order valence-corrected chi connectivity index (χ3v) is 2.85. The van der Waals surface area contributed by atoms with Gasteiger partial charge in [-0.2, -0.15) is 0 Å². The Labute approximate surface area is 90.9 Å². The number of unbranched alkanes of at least 4 members (excludes halogenated alkanes) is 1. The Morgan fingerprint density at radius 2 is 2.20 bits per heavy atom. The van der Waals surface area contributed by atoms with Crippen molar-refractivity contribution in [1.82, 2.24) is 0 Å². The van der Waals surface area contributed by atoms with Crippen molar-refractivity contribution in [2.24, 2.45) is 0 Å². The van der Waals surface area contributed by atoms with Crippen LogP contribution in [0, 0.1) is 0 Å². The topological polar surface area (TPSA) is 29.5 Å². The Kier molecular flexibility index (Phi) is 3.62. The normalized spacial score (nSPS) is 14.5. The van der Waals surface area contributed by atoms with Crippen LogP contribution in [0.4, 0.5) is 0 Å². The zero-order valence-corrected chi connectivity index (χ0v) is 9.04. The van der Waals surface area contributed by atoms with Crippen molar-refractivity contribution < 1.29 is 9.84 Å². The average Bonchev–Trinajstić information content (AvgIpc) is 2.29. The summed E-state index contributed by atoms with van der Waals surface area (Å²) in [5.74, 6) is 1.06. The smallest absolute Gasteiger partial charge is 0.122 e. The lowest BCUT2D eigenvalue weighted by Crippen LogP contribution is -2.08. The molecule has 0 fully saturated rings. The van der Waals surface area contributed by atoms with Gasteiger partial charge in [0.1, 0.15) is 5.75 Å². The molecule has 0 radical (unpaired) electrons. The molecular formula is C13H18O2. The SMILES string of the molecule is OCCCCc1ccc2c(c1)CCCO2. The van der Waals surface area contributed by atoms with E-state index in [2.05, 4.69) is 18.2 Å². The molecule has 1 aliphatic rings. The van der Waals surface area contributed by atoms with Gasteiger partial charge in [-0.3, -0.25) is 0 Å². The number of aliphatic hydroxyl groups is 1. The van der Waals surface area contributed by atoms with E-state index >= 15 is 0 Å². The molecule has 0 spiro atoms. The van der Waals surface area contributed by atoms with Crippen LogP contribution in [-0.2, 0) is 12.8 Å². The molecule has 15 heavy (non-hydrogen) atoms. The van der Waals surface area contributed by atoms with Crippen LogP contribution in [0.2, 0.25) is 0 Å². The van der Waals surface area contributed by atoms with E-state index in [1.807, 2.05) is 0 Å². The summed E-state index contributed by atoms with van der Waals surface area (Å²) in [6.07, 6.45) is 5.30. The monoisotopic (exact) mass is 206 g/mol. The van der Waals surface area contributed by atoms with E-state index in [0.717, 1.165) is 44.5 Å². The van der Waals surface area contributed by atoms with Crippen molar-refractivity contribution in [3.8, 4) is 5.75 Å². The summed E-state index contributed by atoms with van der Waals surface area (Å²) < 4.78 is 5.56. The fourth-order valence-corrected chi connectivity index (χ4v) is 2.01. The quantitative estimate of drug-likeness (QED) is 0.766. The summed E-state index contributed by atoms with van der Waals surface area (Å²) in [5.41, 5.74) is 2.72. The summed E-state index contributed by atoms with van der Waals surface area (Å²) in [4.78, 5) is 0. The molecule has 1 aliphatic heterocycles. The number of aryl methyl sites for hydroxylation is 2. The van der Waals surface area contributed by atoms with Gasteiger partial charge in [0, 0.05) is 6.61 Å².